The number of amides is 1. The van der Waals surface area contributed by atoms with Gasteiger partial charge in [-0.1, -0.05) is 23.2 Å². The van der Waals surface area contributed by atoms with Crippen LogP contribution in [0, 0.1) is 0 Å². The molecule has 6 heteroatoms. The van der Waals surface area contributed by atoms with E-state index in [2.05, 4.69) is 10.3 Å². The molecule has 2 aromatic rings. The lowest BCUT2D eigenvalue weighted by Crippen LogP contribution is -2.18. The molecule has 1 N–H and O–H groups in total. The van der Waals surface area contributed by atoms with Crippen LogP contribution in [0.4, 0.5) is 0 Å². The van der Waals surface area contributed by atoms with Crippen LogP contribution in [0.2, 0.25) is 10.0 Å². The van der Waals surface area contributed by atoms with E-state index in [0.29, 0.717) is 16.6 Å². The summed E-state index contributed by atoms with van der Waals surface area (Å²) < 4.78 is 1.82. The van der Waals surface area contributed by atoms with Gasteiger partial charge in [0.1, 0.15) is 0 Å². The molecule has 1 heterocycles. The molecule has 18 heavy (non-hydrogen) atoms. The van der Waals surface area contributed by atoms with Crippen molar-refractivity contribution in [2.75, 3.05) is 0 Å². The number of halogens is 2. The second-order valence-electron chi connectivity index (χ2n) is 3.78. The van der Waals surface area contributed by atoms with E-state index >= 15 is 0 Å². The lowest BCUT2D eigenvalue weighted by atomic mass is 10.3. The minimum atomic E-state index is -0.0842. The Morgan fingerprint density at radius 3 is 2.83 bits per heavy atom. The van der Waals surface area contributed by atoms with Crippen molar-refractivity contribution >= 4 is 29.1 Å². The number of imidazole rings is 1. The molecule has 94 valence electrons. The average molecular weight is 284 g/mol. The quantitative estimate of drug-likeness (QED) is 0.942. The van der Waals surface area contributed by atoms with E-state index in [1.807, 2.05) is 16.8 Å². The molecule has 2 rings (SSSR count). The number of carbonyl (C=O) groups excluding carboxylic acids is 1. The van der Waals surface area contributed by atoms with Gasteiger partial charge in [-0.3, -0.25) is 4.79 Å². The van der Waals surface area contributed by atoms with Gasteiger partial charge in [-0.25, -0.2) is 4.98 Å². The zero-order valence-corrected chi connectivity index (χ0v) is 11.2. The van der Waals surface area contributed by atoms with E-state index in [1.54, 1.807) is 18.5 Å². The molecule has 0 aliphatic rings. The summed E-state index contributed by atoms with van der Waals surface area (Å²) in [6.07, 6.45) is 3.49. The summed E-state index contributed by atoms with van der Waals surface area (Å²) in [7, 11) is 0. The van der Waals surface area contributed by atoms with Crippen LogP contribution < -0.4 is 5.32 Å². The molecule has 0 spiro atoms. The Hall–Kier alpha value is -1.52. The van der Waals surface area contributed by atoms with Crippen molar-refractivity contribution < 1.29 is 4.79 Å². The van der Waals surface area contributed by atoms with Crippen LogP contribution in [0.3, 0.4) is 0 Å². The summed E-state index contributed by atoms with van der Waals surface area (Å²) in [5.41, 5.74) is 1.64. The second kappa shape index (κ2) is 5.42. The molecule has 4 nitrogen and oxygen atoms in total. The van der Waals surface area contributed by atoms with Crippen molar-refractivity contribution in [2.45, 2.75) is 13.5 Å². The molecular weight excluding hydrogens is 273 g/mol. The number of aromatic nitrogens is 2. The van der Waals surface area contributed by atoms with E-state index in [0.717, 1.165) is 11.4 Å². The van der Waals surface area contributed by atoms with Crippen LogP contribution in [0.1, 0.15) is 12.6 Å². The first kappa shape index (κ1) is 12.9. The number of hydrogen-bond acceptors (Lipinski definition) is 2. The third-order valence-electron chi connectivity index (χ3n) is 2.36. The smallest absolute Gasteiger partial charge is 0.217 e. The number of nitrogens with zero attached hydrogens (tertiary/aromatic N) is 2. The maximum absolute atomic E-state index is 10.8. The van der Waals surface area contributed by atoms with Crippen LogP contribution in [0.5, 0.6) is 0 Å². The highest BCUT2D eigenvalue weighted by molar-refractivity contribution is 6.42. The molecule has 0 aliphatic carbocycles. The van der Waals surface area contributed by atoms with Gasteiger partial charge in [0.15, 0.2) is 0 Å². The molecule has 0 bridgehead atoms. The van der Waals surface area contributed by atoms with Gasteiger partial charge in [0, 0.05) is 18.8 Å². The molecule has 0 atom stereocenters. The van der Waals surface area contributed by atoms with Gasteiger partial charge >= 0.3 is 0 Å². The largest absolute Gasteiger partial charge is 0.351 e. The summed E-state index contributed by atoms with van der Waals surface area (Å²) >= 11 is 11.8. The number of hydrogen-bond donors (Lipinski definition) is 1. The highest BCUT2D eigenvalue weighted by atomic mass is 35.5. The maximum Gasteiger partial charge on any atom is 0.217 e. The fourth-order valence-corrected chi connectivity index (χ4v) is 1.75. The molecule has 1 aromatic heterocycles. The predicted molar refractivity (Wildman–Crippen MR) is 71.1 cm³/mol. The maximum atomic E-state index is 10.8. The number of benzene rings is 1. The van der Waals surface area contributed by atoms with Crippen molar-refractivity contribution in [1.82, 2.24) is 14.9 Å². The van der Waals surface area contributed by atoms with Crippen LogP contribution in [0.15, 0.2) is 30.7 Å². The van der Waals surface area contributed by atoms with Crippen LogP contribution >= 0.6 is 23.2 Å². The summed E-state index contributed by atoms with van der Waals surface area (Å²) in [4.78, 5) is 15.0. The van der Waals surface area contributed by atoms with Gasteiger partial charge in [0.05, 0.1) is 28.6 Å². The number of rotatable bonds is 3. The van der Waals surface area contributed by atoms with Crippen molar-refractivity contribution in [1.29, 1.82) is 0 Å². The van der Waals surface area contributed by atoms with Gasteiger partial charge < -0.3 is 9.88 Å². The first-order valence-electron chi connectivity index (χ1n) is 5.29. The van der Waals surface area contributed by atoms with Crippen LogP contribution in [-0.4, -0.2) is 15.5 Å². The van der Waals surface area contributed by atoms with E-state index in [1.165, 1.54) is 6.92 Å². The Morgan fingerprint density at radius 2 is 2.17 bits per heavy atom. The van der Waals surface area contributed by atoms with Gasteiger partial charge in [0.2, 0.25) is 5.91 Å². The lowest BCUT2D eigenvalue weighted by Gasteiger charge is -2.03. The van der Waals surface area contributed by atoms with Gasteiger partial charge in [-0.15, -0.1) is 0 Å². The second-order valence-corrected chi connectivity index (χ2v) is 4.59. The zero-order chi connectivity index (χ0) is 13.1. The van der Waals surface area contributed by atoms with E-state index in [9.17, 15) is 4.79 Å². The van der Waals surface area contributed by atoms with Gasteiger partial charge in [-0.2, -0.15) is 0 Å². The summed E-state index contributed by atoms with van der Waals surface area (Å²) in [6.45, 7) is 1.87. The molecule has 1 amide bonds. The monoisotopic (exact) mass is 283 g/mol. The molecular formula is C12H11Cl2N3O. The zero-order valence-electron chi connectivity index (χ0n) is 9.65. The Labute approximate surface area is 115 Å². The summed E-state index contributed by atoms with van der Waals surface area (Å²) in [5, 5.41) is 3.69. The molecule has 1 aromatic carbocycles. The standard InChI is InChI=1S/C12H11Cl2N3O/c1-8(18)15-5-9-6-17(7-16-9)10-2-3-11(13)12(14)4-10/h2-4,6-7H,5H2,1H3,(H,15,18). The molecule has 0 fully saturated rings. The molecule has 0 unspecified atom stereocenters. The van der Waals surface area contributed by atoms with Crippen LogP contribution in [-0.2, 0) is 11.3 Å². The van der Waals surface area contributed by atoms with Crippen molar-refractivity contribution in [3.05, 3.63) is 46.5 Å². The normalized spacial score (nSPS) is 10.4. The van der Waals surface area contributed by atoms with Crippen LogP contribution in [0.25, 0.3) is 5.69 Å². The third kappa shape index (κ3) is 3.03. The number of nitrogens with one attached hydrogen (secondary N) is 1. The highest BCUT2D eigenvalue weighted by Gasteiger charge is 2.04. The topological polar surface area (TPSA) is 46.9 Å². The minimum absolute atomic E-state index is 0.0842. The fourth-order valence-electron chi connectivity index (χ4n) is 1.46. The first-order valence-corrected chi connectivity index (χ1v) is 6.04. The molecule has 0 radical (unpaired) electrons. The Morgan fingerprint density at radius 1 is 1.39 bits per heavy atom. The minimum Gasteiger partial charge on any atom is -0.351 e. The van der Waals surface area contributed by atoms with Crippen molar-refractivity contribution in [3.63, 3.8) is 0 Å². The van der Waals surface area contributed by atoms with Gasteiger partial charge in [0.25, 0.3) is 0 Å². The predicted octanol–water partition coefficient (Wildman–Crippen LogP) is 2.82. The Balaban J connectivity index is 2.18. The van der Waals surface area contributed by atoms with Crippen molar-refractivity contribution in [2.24, 2.45) is 0 Å². The first-order chi connectivity index (χ1) is 8.56. The molecule has 0 saturated carbocycles. The third-order valence-corrected chi connectivity index (χ3v) is 3.09. The molecule has 0 saturated heterocycles. The van der Waals surface area contributed by atoms with E-state index in [4.69, 9.17) is 23.2 Å². The summed E-state index contributed by atoms with van der Waals surface area (Å²) in [6, 6.07) is 5.33. The SMILES string of the molecule is CC(=O)NCc1cn(-c2ccc(Cl)c(Cl)c2)cn1. The number of carbonyl (C=O) groups is 1. The van der Waals surface area contributed by atoms with Gasteiger partial charge in [-0.05, 0) is 18.2 Å². The van der Waals surface area contributed by atoms with Crippen molar-refractivity contribution in [3.8, 4) is 5.69 Å². The lowest BCUT2D eigenvalue weighted by molar-refractivity contribution is -0.119. The van der Waals surface area contributed by atoms with E-state index in [-0.39, 0.29) is 5.91 Å². The summed E-state index contributed by atoms with van der Waals surface area (Å²) in [5.74, 6) is -0.0842. The van der Waals surface area contributed by atoms with E-state index < -0.39 is 0 Å². The Kier molecular flexibility index (Phi) is 3.89. The fraction of sp³-hybridized carbons (Fsp3) is 0.167. The highest BCUT2D eigenvalue weighted by Crippen LogP contribution is 2.24. The average Bonchev–Trinajstić information content (AvgIpc) is 2.79. The Bertz CT molecular complexity index is 580. The molecule has 0 aliphatic heterocycles.